The molecule has 0 saturated carbocycles. The van der Waals surface area contributed by atoms with Gasteiger partial charge in [0.15, 0.2) is 0 Å². The lowest BCUT2D eigenvalue weighted by molar-refractivity contribution is 0.113. The quantitative estimate of drug-likeness (QED) is 0.718. The zero-order valence-corrected chi connectivity index (χ0v) is 12.6. The van der Waals surface area contributed by atoms with E-state index in [2.05, 4.69) is 18.7 Å². The predicted octanol–water partition coefficient (Wildman–Crippen LogP) is 2.48. The van der Waals surface area contributed by atoms with Crippen molar-refractivity contribution in [1.29, 1.82) is 0 Å². The molecule has 0 saturated heterocycles. The van der Waals surface area contributed by atoms with E-state index in [4.69, 9.17) is 18.0 Å². The van der Waals surface area contributed by atoms with Crippen LogP contribution in [0.15, 0.2) is 24.3 Å². The van der Waals surface area contributed by atoms with E-state index in [-0.39, 0.29) is 0 Å². The van der Waals surface area contributed by atoms with Crippen molar-refractivity contribution in [3.8, 4) is 0 Å². The minimum absolute atomic E-state index is 0.389. The van der Waals surface area contributed by atoms with Gasteiger partial charge in [0.05, 0.1) is 6.10 Å². The highest BCUT2D eigenvalue weighted by Crippen LogP contribution is 2.15. The van der Waals surface area contributed by atoms with Gasteiger partial charge in [0, 0.05) is 12.1 Å². The highest BCUT2D eigenvalue weighted by molar-refractivity contribution is 7.80. The van der Waals surface area contributed by atoms with Crippen LogP contribution in [0.2, 0.25) is 0 Å². The Bertz CT molecular complexity index is 386. The van der Waals surface area contributed by atoms with Gasteiger partial charge in [0.25, 0.3) is 0 Å². The fraction of sp³-hybridized carbons (Fsp3) is 0.533. The summed E-state index contributed by atoms with van der Waals surface area (Å²) < 4.78 is 0. The van der Waals surface area contributed by atoms with Crippen molar-refractivity contribution in [2.24, 2.45) is 5.73 Å². The lowest BCUT2D eigenvalue weighted by atomic mass is 10.1. The summed E-state index contributed by atoms with van der Waals surface area (Å²) in [6.07, 6.45) is 1.75. The summed E-state index contributed by atoms with van der Waals surface area (Å²) in [5.74, 6) is 0. The number of rotatable bonds is 8. The van der Waals surface area contributed by atoms with Gasteiger partial charge in [-0.15, -0.1) is 0 Å². The maximum absolute atomic E-state index is 10.3. The molecule has 0 heterocycles. The lowest BCUT2D eigenvalue weighted by Gasteiger charge is -2.24. The third-order valence-corrected chi connectivity index (χ3v) is 3.33. The van der Waals surface area contributed by atoms with Crippen LogP contribution in [0.25, 0.3) is 0 Å². The van der Waals surface area contributed by atoms with E-state index in [0.29, 0.717) is 11.5 Å². The van der Waals surface area contributed by atoms with Crippen LogP contribution in [0.4, 0.5) is 0 Å². The molecule has 0 bridgehead atoms. The molecule has 1 atom stereocenters. The minimum atomic E-state index is -0.460. The van der Waals surface area contributed by atoms with Crippen LogP contribution in [-0.2, 0) is 0 Å². The molecule has 1 unspecified atom stereocenters. The number of nitrogens with zero attached hydrogens (tertiary/aromatic N) is 1. The molecule has 106 valence electrons. The Hall–Kier alpha value is -0.970. The summed E-state index contributed by atoms with van der Waals surface area (Å²) in [6, 6.07) is 7.53. The Balaban J connectivity index is 2.65. The van der Waals surface area contributed by atoms with Gasteiger partial charge in [-0.25, -0.2) is 0 Å². The van der Waals surface area contributed by atoms with Crippen molar-refractivity contribution in [3.05, 3.63) is 35.4 Å². The molecule has 0 aliphatic carbocycles. The van der Waals surface area contributed by atoms with Gasteiger partial charge in [0.2, 0.25) is 0 Å². The summed E-state index contributed by atoms with van der Waals surface area (Å²) >= 11 is 4.92. The number of nitrogens with two attached hydrogens (primary N) is 1. The molecule has 0 aliphatic heterocycles. The fourth-order valence-electron chi connectivity index (χ4n) is 2.15. The molecule has 3 nitrogen and oxygen atoms in total. The van der Waals surface area contributed by atoms with E-state index in [0.717, 1.165) is 37.1 Å². The van der Waals surface area contributed by atoms with Crippen LogP contribution >= 0.6 is 12.2 Å². The second-order valence-electron chi connectivity index (χ2n) is 4.80. The van der Waals surface area contributed by atoms with Crippen molar-refractivity contribution in [3.63, 3.8) is 0 Å². The average Bonchev–Trinajstić information content (AvgIpc) is 2.39. The summed E-state index contributed by atoms with van der Waals surface area (Å²) in [7, 11) is 0. The van der Waals surface area contributed by atoms with Crippen molar-refractivity contribution in [2.75, 3.05) is 19.6 Å². The molecular formula is C15H24N2OS. The summed E-state index contributed by atoms with van der Waals surface area (Å²) in [6.45, 7) is 7.04. The van der Waals surface area contributed by atoms with Crippen molar-refractivity contribution in [1.82, 2.24) is 4.90 Å². The van der Waals surface area contributed by atoms with Crippen LogP contribution in [-0.4, -0.2) is 34.6 Å². The molecule has 1 aromatic rings. The van der Waals surface area contributed by atoms with E-state index in [1.165, 1.54) is 0 Å². The molecular weight excluding hydrogens is 256 g/mol. The van der Waals surface area contributed by atoms with Crippen molar-refractivity contribution in [2.45, 2.75) is 32.8 Å². The zero-order valence-electron chi connectivity index (χ0n) is 11.8. The molecule has 0 amide bonds. The monoisotopic (exact) mass is 280 g/mol. The Morgan fingerprint density at radius 1 is 1.21 bits per heavy atom. The van der Waals surface area contributed by atoms with Crippen molar-refractivity contribution >= 4 is 17.2 Å². The Morgan fingerprint density at radius 2 is 1.74 bits per heavy atom. The molecule has 4 heteroatoms. The molecule has 0 aliphatic rings. The molecule has 3 N–H and O–H groups in total. The van der Waals surface area contributed by atoms with Gasteiger partial charge in [-0.2, -0.15) is 0 Å². The third-order valence-electron chi connectivity index (χ3n) is 3.09. The normalized spacial score (nSPS) is 12.6. The summed E-state index contributed by atoms with van der Waals surface area (Å²) in [4.78, 5) is 2.69. The maximum Gasteiger partial charge on any atom is 0.103 e. The largest absolute Gasteiger partial charge is 0.389 e. The number of benzene rings is 1. The van der Waals surface area contributed by atoms with Gasteiger partial charge in [-0.1, -0.05) is 50.3 Å². The van der Waals surface area contributed by atoms with E-state index in [1.54, 1.807) is 0 Å². The standard InChI is InChI=1S/C15H24N2OS/c1-3-9-17(10-4-2)11-14(18)12-5-7-13(8-6-12)15(16)19/h5-8,14,18H,3-4,9-11H2,1-2H3,(H2,16,19). The Labute approximate surface area is 121 Å². The van der Waals surface area contributed by atoms with Gasteiger partial charge in [0.1, 0.15) is 4.99 Å². The van der Waals surface area contributed by atoms with Gasteiger partial charge in [-0.3, -0.25) is 0 Å². The Morgan fingerprint density at radius 3 is 2.16 bits per heavy atom. The molecule has 0 spiro atoms. The van der Waals surface area contributed by atoms with E-state index in [9.17, 15) is 5.11 Å². The highest BCUT2D eigenvalue weighted by atomic mass is 32.1. The van der Waals surface area contributed by atoms with E-state index in [1.807, 2.05) is 24.3 Å². The second-order valence-corrected chi connectivity index (χ2v) is 5.24. The van der Waals surface area contributed by atoms with Crippen LogP contribution in [0.3, 0.4) is 0 Å². The second kappa shape index (κ2) is 8.25. The van der Waals surface area contributed by atoms with Gasteiger partial charge in [-0.05, 0) is 31.5 Å². The van der Waals surface area contributed by atoms with Crippen LogP contribution in [0.5, 0.6) is 0 Å². The van der Waals surface area contributed by atoms with Crippen LogP contribution in [0.1, 0.15) is 43.9 Å². The first-order valence-electron chi connectivity index (χ1n) is 6.88. The topological polar surface area (TPSA) is 49.5 Å². The fourth-order valence-corrected chi connectivity index (χ4v) is 2.28. The molecule has 0 aromatic heterocycles. The van der Waals surface area contributed by atoms with E-state index < -0.39 is 6.10 Å². The first-order chi connectivity index (χ1) is 9.08. The SMILES string of the molecule is CCCN(CCC)CC(O)c1ccc(C(N)=S)cc1. The first kappa shape index (κ1) is 16.1. The smallest absolute Gasteiger partial charge is 0.103 e. The van der Waals surface area contributed by atoms with Crippen LogP contribution < -0.4 is 5.73 Å². The maximum atomic E-state index is 10.3. The first-order valence-corrected chi connectivity index (χ1v) is 7.29. The summed E-state index contributed by atoms with van der Waals surface area (Å²) in [5, 5.41) is 10.3. The molecule has 1 aromatic carbocycles. The number of hydrogen-bond donors (Lipinski definition) is 2. The van der Waals surface area contributed by atoms with Crippen molar-refractivity contribution < 1.29 is 5.11 Å². The number of hydrogen-bond acceptors (Lipinski definition) is 3. The molecule has 0 fully saturated rings. The van der Waals surface area contributed by atoms with E-state index >= 15 is 0 Å². The highest BCUT2D eigenvalue weighted by Gasteiger charge is 2.12. The molecule has 19 heavy (non-hydrogen) atoms. The third kappa shape index (κ3) is 5.27. The average molecular weight is 280 g/mol. The number of aliphatic hydroxyl groups excluding tert-OH is 1. The molecule has 0 radical (unpaired) electrons. The lowest BCUT2D eigenvalue weighted by Crippen LogP contribution is -2.30. The van der Waals surface area contributed by atoms with Gasteiger partial charge < -0.3 is 15.7 Å². The molecule has 1 rings (SSSR count). The zero-order chi connectivity index (χ0) is 14.3. The minimum Gasteiger partial charge on any atom is -0.389 e. The van der Waals surface area contributed by atoms with Gasteiger partial charge >= 0.3 is 0 Å². The number of aliphatic hydroxyl groups is 1. The predicted molar refractivity (Wildman–Crippen MR) is 84.3 cm³/mol. The Kier molecular flexibility index (Phi) is 6.99. The summed E-state index contributed by atoms with van der Waals surface area (Å²) in [5.41, 5.74) is 7.31. The number of thiocarbonyl (C=S) groups is 1. The van der Waals surface area contributed by atoms with Crippen LogP contribution in [0, 0.1) is 0 Å².